The zero-order chi connectivity index (χ0) is 23.5. The third-order valence-corrected chi connectivity index (χ3v) is 7.22. The monoisotopic (exact) mass is 475 g/mol. The van der Waals surface area contributed by atoms with Crippen LogP contribution in [0.15, 0.2) is 82.7 Å². The number of methoxy groups -OCH3 is 1. The van der Waals surface area contributed by atoms with Crippen LogP contribution in [0.4, 0.5) is 10.1 Å². The minimum absolute atomic E-state index is 0.102. The van der Waals surface area contributed by atoms with E-state index in [1.165, 1.54) is 23.9 Å². The third kappa shape index (κ3) is 4.61. The van der Waals surface area contributed by atoms with Gasteiger partial charge in [-0.05, 0) is 36.4 Å². The van der Waals surface area contributed by atoms with E-state index in [4.69, 9.17) is 4.74 Å². The number of piperazine rings is 1. The van der Waals surface area contributed by atoms with Crippen LogP contribution in [0.3, 0.4) is 0 Å². The van der Waals surface area contributed by atoms with Crippen molar-refractivity contribution in [2.45, 2.75) is 16.3 Å². The number of anilines is 1. The minimum atomic E-state index is -0.272. The fourth-order valence-corrected chi connectivity index (χ4v) is 5.46. The number of fused-ring (bicyclic) bond motifs is 1. The Kier molecular flexibility index (Phi) is 6.45. The van der Waals surface area contributed by atoms with Crippen LogP contribution in [0.25, 0.3) is 10.9 Å². The molecule has 5 rings (SSSR count). The Morgan fingerprint density at radius 2 is 1.76 bits per heavy atom. The summed E-state index contributed by atoms with van der Waals surface area (Å²) in [6.45, 7) is 2.83. The van der Waals surface area contributed by atoms with Crippen LogP contribution >= 0.6 is 11.8 Å². The number of para-hydroxylation sites is 3. The first kappa shape index (κ1) is 22.3. The molecule has 1 aliphatic heterocycles. The van der Waals surface area contributed by atoms with Crippen molar-refractivity contribution in [1.29, 1.82) is 0 Å². The van der Waals surface area contributed by atoms with Crippen LogP contribution in [-0.2, 0) is 11.2 Å². The summed E-state index contributed by atoms with van der Waals surface area (Å²) in [7, 11) is 1.68. The van der Waals surface area contributed by atoms with E-state index >= 15 is 0 Å². The molecular weight excluding hydrogens is 449 g/mol. The predicted octanol–water partition coefficient (Wildman–Crippen LogP) is 5.36. The van der Waals surface area contributed by atoms with Crippen molar-refractivity contribution in [3.63, 3.8) is 0 Å². The van der Waals surface area contributed by atoms with Crippen LogP contribution in [0, 0.1) is 5.82 Å². The van der Waals surface area contributed by atoms with Crippen LogP contribution in [0.5, 0.6) is 5.75 Å². The van der Waals surface area contributed by atoms with Crippen molar-refractivity contribution in [3.8, 4) is 5.75 Å². The molecule has 1 amide bonds. The van der Waals surface area contributed by atoms with Gasteiger partial charge in [-0.3, -0.25) is 4.79 Å². The smallest absolute Gasteiger partial charge is 0.227 e. The number of hydrogen-bond donors (Lipinski definition) is 1. The fraction of sp³-hybridized carbons (Fsp3) is 0.222. The average molecular weight is 476 g/mol. The van der Waals surface area contributed by atoms with Gasteiger partial charge in [0.25, 0.3) is 0 Å². The third-order valence-electron chi connectivity index (χ3n) is 6.18. The van der Waals surface area contributed by atoms with Crippen molar-refractivity contribution < 1.29 is 13.9 Å². The number of carbonyl (C=O) groups is 1. The molecular formula is C27H26FN3O2S. The van der Waals surface area contributed by atoms with Crippen LogP contribution in [0.1, 0.15) is 5.56 Å². The highest BCUT2D eigenvalue weighted by molar-refractivity contribution is 7.99. The Morgan fingerprint density at radius 3 is 2.56 bits per heavy atom. The van der Waals surface area contributed by atoms with Gasteiger partial charge in [-0.15, -0.1) is 0 Å². The van der Waals surface area contributed by atoms with Gasteiger partial charge in [0, 0.05) is 47.5 Å². The Morgan fingerprint density at radius 1 is 1.00 bits per heavy atom. The highest BCUT2D eigenvalue weighted by atomic mass is 32.2. The molecule has 0 radical (unpaired) electrons. The number of nitrogens with zero attached hydrogens (tertiary/aromatic N) is 2. The Bertz CT molecular complexity index is 1310. The molecule has 1 aliphatic rings. The SMILES string of the molecule is COc1ccccc1N1CCN(C(=O)Cc2c(Sc3cccc(F)c3)[nH]c3ccccc23)CC1. The van der Waals surface area contributed by atoms with Gasteiger partial charge in [0.1, 0.15) is 11.6 Å². The molecule has 0 aliphatic carbocycles. The summed E-state index contributed by atoms with van der Waals surface area (Å²) in [5.74, 6) is 0.678. The second-order valence-corrected chi connectivity index (χ2v) is 9.34. The minimum Gasteiger partial charge on any atom is -0.495 e. The summed E-state index contributed by atoms with van der Waals surface area (Å²) in [5, 5.41) is 1.91. The van der Waals surface area contributed by atoms with E-state index in [2.05, 4.69) is 16.0 Å². The lowest BCUT2D eigenvalue weighted by Crippen LogP contribution is -2.49. The predicted molar refractivity (Wildman–Crippen MR) is 134 cm³/mol. The molecule has 1 saturated heterocycles. The van der Waals surface area contributed by atoms with E-state index in [-0.39, 0.29) is 11.7 Å². The van der Waals surface area contributed by atoms with Crippen molar-refractivity contribution in [2.24, 2.45) is 0 Å². The molecule has 0 atom stereocenters. The summed E-state index contributed by atoms with van der Waals surface area (Å²) in [6, 6.07) is 22.5. The summed E-state index contributed by atoms with van der Waals surface area (Å²) in [6.07, 6.45) is 0.302. The molecule has 3 aromatic carbocycles. The lowest BCUT2D eigenvalue weighted by molar-refractivity contribution is -0.130. The molecule has 0 saturated carbocycles. The summed E-state index contributed by atoms with van der Waals surface area (Å²) >= 11 is 1.46. The number of benzene rings is 3. The van der Waals surface area contributed by atoms with Crippen molar-refractivity contribution in [3.05, 3.63) is 84.2 Å². The number of halogens is 1. The first-order valence-corrected chi connectivity index (χ1v) is 12.1. The molecule has 1 fully saturated rings. The van der Waals surface area contributed by atoms with Gasteiger partial charge in [0.15, 0.2) is 0 Å². The fourth-order valence-electron chi connectivity index (χ4n) is 4.44. The number of hydrogen-bond acceptors (Lipinski definition) is 4. The van der Waals surface area contributed by atoms with E-state index in [0.717, 1.165) is 50.9 Å². The lowest BCUT2D eigenvalue weighted by atomic mass is 10.1. The molecule has 0 unspecified atom stereocenters. The second kappa shape index (κ2) is 9.81. The molecule has 7 heteroatoms. The normalized spacial score (nSPS) is 13.9. The molecule has 0 spiro atoms. The van der Waals surface area contributed by atoms with E-state index in [1.807, 2.05) is 53.4 Å². The standard InChI is InChI=1S/C27H26FN3O2S/c1-33-25-12-5-4-11-24(25)30-13-15-31(16-14-30)26(32)18-22-21-9-2-3-10-23(21)29-27(22)34-20-8-6-7-19(28)17-20/h2-12,17,29H,13-16,18H2,1H3. The zero-order valence-electron chi connectivity index (χ0n) is 19.0. The van der Waals surface area contributed by atoms with Gasteiger partial charge in [0.05, 0.1) is 24.2 Å². The zero-order valence-corrected chi connectivity index (χ0v) is 19.8. The Hall–Kier alpha value is -3.45. The molecule has 174 valence electrons. The molecule has 1 aromatic heterocycles. The van der Waals surface area contributed by atoms with Gasteiger partial charge in [0.2, 0.25) is 5.91 Å². The van der Waals surface area contributed by atoms with Gasteiger partial charge in [-0.2, -0.15) is 0 Å². The topological polar surface area (TPSA) is 48.6 Å². The van der Waals surface area contributed by atoms with Crippen molar-refractivity contribution in [2.75, 3.05) is 38.2 Å². The summed E-state index contributed by atoms with van der Waals surface area (Å²) < 4.78 is 19.2. The number of rotatable bonds is 6. The lowest BCUT2D eigenvalue weighted by Gasteiger charge is -2.36. The van der Waals surface area contributed by atoms with E-state index in [9.17, 15) is 9.18 Å². The highest BCUT2D eigenvalue weighted by Crippen LogP contribution is 2.35. The number of H-pyrrole nitrogens is 1. The number of ether oxygens (including phenoxy) is 1. The van der Waals surface area contributed by atoms with Crippen molar-refractivity contribution >= 4 is 34.3 Å². The molecule has 2 heterocycles. The number of carbonyl (C=O) groups excluding carboxylic acids is 1. The van der Waals surface area contributed by atoms with Crippen molar-refractivity contribution in [1.82, 2.24) is 9.88 Å². The maximum Gasteiger partial charge on any atom is 0.227 e. The van der Waals surface area contributed by atoms with Gasteiger partial charge in [-0.1, -0.05) is 48.2 Å². The maximum atomic E-state index is 13.7. The van der Waals surface area contributed by atoms with E-state index in [1.54, 1.807) is 13.2 Å². The highest BCUT2D eigenvalue weighted by Gasteiger charge is 2.25. The number of amides is 1. The van der Waals surface area contributed by atoms with Gasteiger partial charge < -0.3 is 19.5 Å². The number of aromatic nitrogens is 1. The molecule has 5 nitrogen and oxygen atoms in total. The molecule has 34 heavy (non-hydrogen) atoms. The van der Waals surface area contributed by atoms with Crippen LogP contribution < -0.4 is 9.64 Å². The summed E-state index contributed by atoms with van der Waals surface area (Å²) in [4.78, 5) is 21.8. The second-order valence-electron chi connectivity index (χ2n) is 8.25. The molecule has 1 N–H and O–H groups in total. The first-order valence-electron chi connectivity index (χ1n) is 11.3. The van der Waals surface area contributed by atoms with Gasteiger partial charge in [-0.25, -0.2) is 4.39 Å². The van der Waals surface area contributed by atoms with Gasteiger partial charge >= 0.3 is 0 Å². The molecule has 0 bridgehead atoms. The number of nitrogens with one attached hydrogen (secondary N) is 1. The number of aromatic amines is 1. The first-order chi connectivity index (χ1) is 16.6. The maximum absolute atomic E-state index is 13.7. The average Bonchev–Trinajstić information content (AvgIpc) is 3.20. The van der Waals surface area contributed by atoms with E-state index < -0.39 is 0 Å². The van der Waals surface area contributed by atoms with Crippen LogP contribution in [0.2, 0.25) is 0 Å². The quantitative estimate of drug-likeness (QED) is 0.408. The van der Waals surface area contributed by atoms with E-state index in [0.29, 0.717) is 19.5 Å². The largest absolute Gasteiger partial charge is 0.495 e. The Labute approximate surface area is 202 Å². The van der Waals surface area contributed by atoms with Crippen LogP contribution in [-0.4, -0.2) is 49.1 Å². The summed E-state index contributed by atoms with van der Waals surface area (Å²) in [5.41, 5.74) is 3.00. The molecule has 4 aromatic rings. The Balaban J connectivity index is 1.33.